The number of halogens is 1. The highest BCUT2D eigenvalue weighted by molar-refractivity contribution is 7.85. The highest BCUT2D eigenvalue weighted by Crippen LogP contribution is 2.31. The number of hydrogen-bond donors (Lipinski definition) is 1. The maximum atomic E-state index is 12.4. The number of anilines is 1. The van der Waals surface area contributed by atoms with Gasteiger partial charge in [-0.2, -0.15) is 0 Å². The zero-order valence-electron chi connectivity index (χ0n) is 12.5. The van der Waals surface area contributed by atoms with E-state index >= 15 is 0 Å². The molecule has 1 heterocycles. The molecule has 0 unspecified atom stereocenters. The third kappa shape index (κ3) is 3.92. The molecule has 3 rings (SSSR count). The van der Waals surface area contributed by atoms with Crippen LogP contribution in [0, 0.1) is 0 Å². The first-order chi connectivity index (χ1) is 11.1. The number of carbonyl (C=O) groups is 1. The molecule has 0 aromatic heterocycles. The summed E-state index contributed by atoms with van der Waals surface area (Å²) in [5.41, 5.74) is 2.59. The van der Waals surface area contributed by atoms with Crippen LogP contribution in [0.1, 0.15) is 0 Å². The average Bonchev–Trinajstić information content (AvgIpc) is 2.58. The van der Waals surface area contributed by atoms with E-state index in [-0.39, 0.29) is 6.03 Å². The van der Waals surface area contributed by atoms with Crippen LogP contribution in [-0.2, 0) is 10.8 Å². The molecule has 23 heavy (non-hydrogen) atoms. The summed E-state index contributed by atoms with van der Waals surface area (Å²) < 4.78 is 11.4. The molecule has 0 aliphatic carbocycles. The molecule has 1 fully saturated rings. The predicted octanol–water partition coefficient (Wildman–Crippen LogP) is 3.60. The Labute approximate surface area is 142 Å². The van der Waals surface area contributed by atoms with Gasteiger partial charge in [-0.25, -0.2) is 4.79 Å². The second-order valence-corrected chi connectivity index (χ2v) is 7.45. The minimum atomic E-state index is -0.800. The zero-order valence-corrected chi connectivity index (χ0v) is 14.1. The largest absolute Gasteiger partial charge is 0.323 e. The quantitative estimate of drug-likeness (QED) is 0.901. The van der Waals surface area contributed by atoms with Crippen LogP contribution >= 0.6 is 11.6 Å². The van der Waals surface area contributed by atoms with Crippen LogP contribution in [0.15, 0.2) is 48.5 Å². The lowest BCUT2D eigenvalue weighted by Gasteiger charge is -2.27. The molecule has 0 spiro atoms. The van der Waals surface area contributed by atoms with Crippen molar-refractivity contribution in [3.63, 3.8) is 0 Å². The summed E-state index contributed by atoms with van der Waals surface area (Å²) >= 11 is 6.11. The van der Waals surface area contributed by atoms with Crippen molar-refractivity contribution in [2.45, 2.75) is 0 Å². The fourth-order valence-corrected chi connectivity index (χ4v) is 3.74. The van der Waals surface area contributed by atoms with Crippen molar-refractivity contribution < 1.29 is 9.00 Å². The van der Waals surface area contributed by atoms with Crippen molar-refractivity contribution in [3.05, 3.63) is 53.6 Å². The highest BCUT2D eigenvalue weighted by Gasteiger charge is 2.20. The molecular weight excluding hydrogens is 332 g/mol. The molecule has 120 valence electrons. The lowest BCUT2D eigenvalue weighted by atomic mass is 10.0. The lowest BCUT2D eigenvalue weighted by molar-refractivity contribution is 0.216. The summed E-state index contributed by atoms with van der Waals surface area (Å²) in [6, 6.07) is 15.0. The molecule has 1 N–H and O–H groups in total. The molecule has 2 aromatic carbocycles. The van der Waals surface area contributed by atoms with Crippen molar-refractivity contribution in [2.75, 3.05) is 29.9 Å². The van der Waals surface area contributed by atoms with Crippen LogP contribution in [0.2, 0.25) is 5.02 Å². The topological polar surface area (TPSA) is 49.4 Å². The van der Waals surface area contributed by atoms with Gasteiger partial charge in [-0.15, -0.1) is 0 Å². The van der Waals surface area contributed by atoms with Crippen LogP contribution in [0.25, 0.3) is 11.1 Å². The standard InChI is InChI=1S/C17H17ClN2O2S/c18-14-6-7-16(15(12-14)13-4-2-1-3-5-13)19-17(21)20-8-10-23(22)11-9-20/h1-7,12H,8-11H2,(H,19,21). The SMILES string of the molecule is O=C(Nc1ccc(Cl)cc1-c1ccccc1)N1CCS(=O)CC1. The van der Waals surface area contributed by atoms with Gasteiger partial charge >= 0.3 is 6.03 Å². The average molecular weight is 349 g/mol. The first-order valence-electron chi connectivity index (χ1n) is 7.39. The summed E-state index contributed by atoms with van der Waals surface area (Å²) in [7, 11) is -0.800. The molecular formula is C17H17ClN2O2S. The molecule has 2 aromatic rings. The van der Waals surface area contributed by atoms with Gasteiger partial charge in [0.1, 0.15) is 0 Å². The molecule has 1 saturated heterocycles. The Morgan fingerprint density at radius 1 is 1.09 bits per heavy atom. The molecule has 1 aliphatic heterocycles. The van der Waals surface area contributed by atoms with Crippen LogP contribution in [0.3, 0.4) is 0 Å². The highest BCUT2D eigenvalue weighted by atomic mass is 35.5. The van der Waals surface area contributed by atoms with E-state index in [4.69, 9.17) is 11.6 Å². The second kappa shape index (κ2) is 7.15. The maximum Gasteiger partial charge on any atom is 0.321 e. The predicted molar refractivity (Wildman–Crippen MR) is 95.4 cm³/mol. The van der Waals surface area contributed by atoms with E-state index in [1.165, 1.54) is 0 Å². The summed E-state index contributed by atoms with van der Waals surface area (Å²) in [5, 5.41) is 3.57. The normalized spacial score (nSPS) is 15.4. The van der Waals surface area contributed by atoms with Crippen molar-refractivity contribution in [1.29, 1.82) is 0 Å². The van der Waals surface area contributed by atoms with Crippen LogP contribution < -0.4 is 5.32 Å². The van der Waals surface area contributed by atoms with Gasteiger partial charge in [-0.05, 0) is 23.8 Å². The zero-order chi connectivity index (χ0) is 16.2. The van der Waals surface area contributed by atoms with Gasteiger partial charge in [0.15, 0.2) is 0 Å². The minimum Gasteiger partial charge on any atom is -0.323 e. The number of carbonyl (C=O) groups excluding carboxylic acids is 1. The molecule has 0 atom stereocenters. The maximum absolute atomic E-state index is 12.4. The van der Waals surface area contributed by atoms with Gasteiger partial charge in [0.2, 0.25) is 0 Å². The van der Waals surface area contributed by atoms with Gasteiger partial charge in [0, 0.05) is 46.0 Å². The Hall–Kier alpha value is -1.85. The minimum absolute atomic E-state index is 0.166. The van der Waals surface area contributed by atoms with Gasteiger partial charge in [-0.3, -0.25) is 4.21 Å². The molecule has 4 nitrogen and oxygen atoms in total. The molecule has 0 bridgehead atoms. The van der Waals surface area contributed by atoms with Crippen LogP contribution in [0.5, 0.6) is 0 Å². The van der Waals surface area contributed by atoms with Gasteiger partial charge < -0.3 is 10.2 Å². The Morgan fingerprint density at radius 2 is 1.78 bits per heavy atom. The summed E-state index contributed by atoms with van der Waals surface area (Å²) in [4.78, 5) is 14.1. The molecule has 0 saturated carbocycles. The Balaban J connectivity index is 1.83. The van der Waals surface area contributed by atoms with E-state index in [0.717, 1.165) is 16.8 Å². The lowest BCUT2D eigenvalue weighted by Crippen LogP contribution is -2.44. The number of nitrogens with zero attached hydrogens (tertiary/aromatic N) is 1. The smallest absolute Gasteiger partial charge is 0.321 e. The van der Waals surface area contributed by atoms with E-state index < -0.39 is 10.8 Å². The van der Waals surface area contributed by atoms with Gasteiger partial charge in [-0.1, -0.05) is 41.9 Å². The first-order valence-corrected chi connectivity index (χ1v) is 9.26. The van der Waals surface area contributed by atoms with Gasteiger partial charge in [0.05, 0.1) is 5.69 Å². The number of rotatable bonds is 2. The van der Waals surface area contributed by atoms with Crippen molar-refractivity contribution in [2.24, 2.45) is 0 Å². The van der Waals surface area contributed by atoms with Crippen molar-refractivity contribution in [3.8, 4) is 11.1 Å². The fourth-order valence-electron chi connectivity index (χ4n) is 2.52. The third-order valence-electron chi connectivity index (χ3n) is 3.77. The molecule has 0 radical (unpaired) electrons. The monoisotopic (exact) mass is 348 g/mol. The van der Waals surface area contributed by atoms with E-state index in [2.05, 4.69) is 5.32 Å². The number of nitrogens with one attached hydrogen (secondary N) is 1. The number of urea groups is 1. The molecule has 6 heteroatoms. The van der Waals surface area contributed by atoms with Gasteiger partial charge in [0.25, 0.3) is 0 Å². The second-order valence-electron chi connectivity index (χ2n) is 5.32. The third-order valence-corrected chi connectivity index (χ3v) is 5.28. The number of hydrogen-bond acceptors (Lipinski definition) is 2. The Bertz CT molecular complexity index is 727. The van der Waals surface area contributed by atoms with Crippen LogP contribution in [-0.4, -0.2) is 39.7 Å². The van der Waals surface area contributed by atoms with Crippen molar-refractivity contribution in [1.82, 2.24) is 4.90 Å². The Morgan fingerprint density at radius 3 is 2.48 bits per heavy atom. The molecule has 1 aliphatic rings. The van der Waals surface area contributed by atoms with E-state index in [9.17, 15) is 9.00 Å². The summed E-state index contributed by atoms with van der Waals surface area (Å²) in [5.74, 6) is 1.08. The first kappa shape index (κ1) is 16.0. The van der Waals surface area contributed by atoms with E-state index in [0.29, 0.717) is 29.6 Å². The fraction of sp³-hybridized carbons (Fsp3) is 0.235. The van der Waals surface area contributed by atoms with E-state index in [1.54, 1.807) is 11.0 Å². The Kier molecular flexibility index (Phi) is 4.98. The number of benzene rings is 2. The van der Waals surface area contributed by atoms with Crippen LogP contribution in [0.4, 0.5) is 10.5 Å². The molecule has 2 amide bonds. The van der Waals surface area contributed by atoms with Crippen molar-refractivity contribution >= 4 is 34.1 Å². The summed E-state index contributed by atoms with van der Waals surface area (Å²) in [6.07, 6.45) is 0. The summed E-state index contributed by atoms with van der Waals surface area (Å²) in [6.45, 7) is 1.04. The van der Waals surface area contributed by atoms with E-state index in [1.807, 2.05) is 42.5 Å². The number of amides is 2.